The molecule has 4 nitrogen and oxygen atoms in total. The van der Waals surface area contributed by atoms with Crippen molar-refractivity contribution in [1.29, 1.82) is 0 Å². The Bertz CT molecular complexity index is 207. The Hall–Kier alpha value is -0.930. The van der Waals surface area contributed by atoms with Crippen molar-refractivity contribution in [2.24, 2.45) is 4.99 Å². The molecular formula is C6H8N2O2S. The molecule has 1 aliphatic rings. The third kappa shape index (κ3) is 2.29. The molecule has 0 aromatic heterocycles. The van der Waals surface area contributed by atoms with Crippen LogP contribution in [0.3, 0.4) is 0 Å². The average Bonchev–Trinajstić information content (AvgIpc) is 1.82. The smallest absolute Gasteiger partial charge is 0.404 e. The lowest BCUT2D eigenvalue weighted by atomic mass is 9.87. The summed E-state index contributed by atoms with van der Waals surface area (Å²) in [7, 11) is 0. The van der Waals surface area contributed by atoms with E-state index >= 15 is 0 Å². The van der Waals surface area contributed by atoms with E-state index in [4.69, 9.17) is 5.11 Å². The molecule has 0 spiro atoms. The van der Waals surface area contributed by atoms with Crippen LogP contribution in [0.2, 0.25) is 0 Å². The van der Waals surface area contributed by atoms with Gasteiger partial charge in [0.05, 0.1) is 11.2 Å². The number of rotatable bonds is 2. The number of nitrogens with one attached hydrogen (secondary N) is 1. The molecule has 60 valence electrons. The highest BCUT2D eigenvalue weighted by molar-refractivity contribution is 7.78. The number of isothiocyanates is 1. The molecule has 0 heterocycles. The van der Waals surface area contributed by atoms with E-state index in [9.17, 15) is 4.79 Å². The number of carboxylic acid groups (broad SMARTS) is 1. The molecular weight excluding hydrogens is 164 g/mol. The SMILES string of the molecule is O=C(O)N[C@H]1C[C@@H](N=C=S)C1. The molecule has 1 aliphatic carbocycles. The summed E-state index contributed by atoms with van der Waals surface area (Å²) in [6.07, 6.45) is 0.520. The maximum Gasteiger partial charge on any atom is 0.404 e. The first kappa shape index (κ1) is 8.17. The van der Waals surface area contributed by atoms with Crippen LogP contribution in [-0.4, -0.2) is 28.4 Å². The first-order chi connectivity index (χ1) is 5.22. The van der Waals surface area contributed by atoms with Crippen molar-refractivity contribution in [1.82, 2.24) is 5.32 Å². The highest BCUT2D eigenvalue weighted by Crippen LogP contribution is 2.22. The molecule has 0 aromatic carbocycles. The number of hydrogen-bond acceptors (Lipinski definition) is 3. The van der Waals surface area contributed by atoms with Gasteiger partial charge in [-0.1, -0.05) is 0 Å². The maximum absolute atomic E-state index is 10.1. The Kier molecular flexibility index (Phi) is 2.57. The van der Waals surface area contributed by atoms with Crippen LogP contribution in [0.4, 0.5) is 4.79 Å². The minimum absolute atomic E-state index is 0.0598. The zero-order valence-electron chi connectivity index (χ0n) is 5.78. The van der Waals surface area contributed by atoms with E-state index in [1.165, 1.54) is 0 Å². The Morgan fingerprint density at radius 1 is 1.73 bits per heavy atom. The lowest BCUT2D eigenvalue weighted by Gasteiger charge is -2.30. The quantitative estimate of drug-likeness (QED) is 0.480. The second-order valence-corrected chi connectivity index (χ2v) is 2.67. The van der Waals surface area contributed by atoms with Crippen molar-refractivity contribution < 1.29 is 9.90 Å². The Labute approximate surface area is 69.3 Å². The van der Waals surface area contributed by atoms with E-state index in [-0.39, 0.29) is 12.1 Å². The molecule has 1 fully saturated rings. The molecule has 11 heavy (non-hydrogen) atoms. The fraction of sp³-hybridized carbons (Fsp3) is 0.667. The average molecular weight is 172 g/mol. The van der Waals surface area contributed by atoms with E-state index in [2.05, 4.69) is 27.7 Å². The van der Waals surface area contributed by atoms with Crippen molar-refractivity contribution in [2.75, 3.05) is 0 Å². The summed E-state index contributed by atoms with van der Waals surface area (Å²) in [5, 5.41) is 12.9. The van der Waals surface area contributed by atoms with Crippen LogP contribution in [0.15, 0.2) is 4.99 Å². The topological polar surface area (TPSA) is 61.7 Å². The standard InChI is InChI=1S/C6H8N2O2S/c9-6(10)8-5-1-4(2-5)7-3-11/h4-5,8H,1-2H2,(H,9,10)/t4-,5+. The number of thiocarbonyl (C=S) groups is 1. The highest BCUT2D eigenvalue weighted by atomic mass is 32.1. The molecule has 5 heteroatoms. The lowest BCUT2D eigenvalue weighted by Crippen LogP contribution is -2.45. The summed E-state index contributed by atoms with van der Waals surface area (Å²) in [4.78, 5) is 13.9. The summed E-state index contributed by atoms with van der Waals surface area (Å²) in [5.74, 6) is 0. The minimum Gasteiger partial charge on any atom is -0.465 e. The zero-order valence-corrected chi connectivity index (χ0v) is 6.60. The van der Waals surface area contributed by atoms with Crippen molar-refractivity contribution in [3.05, 3.63) is 0 Å². The van der Waals surface area contributed by atoms with Crippen LogP contribution in [0.5, 0.6) is 0 Å². The van der Waals surface area contributed by atoms with Gasteiger partial charge in [-0.15, -0.1) is 0 Å². The molecule has 1 amide bonds. The fourth-order valence-corrected chi connectivity index (χ4v) is 1.21. The third-order valence-corrected chi connectivity index (χ3v) is 1.78. The summed E-state index contributed by atoms with van der Waals surface area (Å²) < 4.78 is 0. The zero-order chi connectivity index (χ0) is 8.27. The number of carbonyl (C=O) groups is 1. The van der Waals surface area contributed by atoms with Gasteiger partial charge in [-0.05, 0) is 25.1 Å². The maximum atomic E-state index is 10.1. The first-order valence-corrected chi connectivity index (χ1v) is 3.69. The monoisotopic (exact) mass is 172 g/mol. The molecule has 0 bridgehead atoms. The van der Waals surface area contributed by atoms with Crippen LogP contribution in [0.1, 0.15) is 12.8 Å². The largest absolute Gasteiger partial charge is 0.465 e. The van der Waals surface area contributed by atoms with Gasteiger partial charge in [-0.3, -0.25) is 0 Å². The molecule has 2 N–H and O–H groups in total. The van der Waals surface area contributed by atoms with Crippen LogP contribution >= 0.6 is 12.2 Å². The Morgan fingerprint density at radius 2 is 2.36 bits per heavy atom. The summed E-state index contributed by atoms with van der Waals surface area (Å²) in [6.45, 7) is 0. The third-order valence-electron chi connectivity index (χ3n) is 1.68. The summed E-state index contributed by atoms with van der Waals surface area (Å²) >= 11 is 4.40. The molecule has 0 aliphatic heterocycles. The van der Waals surface area contributed by atoms with E-state index in [0.717, 1.165) is 12.8 Å². The van der Waals surface area contributed by atoms with Gasteiger partial charge < -0.3 is 10.4 Å². The first-order valence-electron chi connectivity index (χ1n) is 3.29. The number of nitrogens with zero attached hydrogens (tertiary/aromatic N) is 1. The molecule has 1 rings (SSSR count). The van der Waals surface area contributed by atoms with E-state index in [1.807, 2.05) is 0 Å². The van der Waals surface area contributed by atoms with Gasteiger partial charge in [0.2, 0.25) is 0 Å². The molecule has 0 aromatic rings. The van der Waals surface area contributed by atoms with Gasteiger partial charge in [-0.2, -0.15) is 0 Å². The summed E-state index contributed by atoms with van der Waals surface area (Å²) in [5.41, 5.74) is 0. The Morgan fingerprint density at radius 3 is 2.82 bits per heavy atom. The van der Waals surface area contributed by atoms with Gasteiger partial charge in [0.15, 0.2) is 0 Å². The van der Waals surface area contributed by atoms with Crippen LogP contribution in [0, 0.1) is 0 Å². The fourth-order valence-electron chi connectivity index (χ4n) is 1.06. The second kappa shape index (κ2) is 3.46. The Balaban J connectivity index is 2.19. The van der Waals surface area contributed by atoms with Crippen LogP contribution in [0.25, 0.3) is 0 Å². The molecule has 0 unspecified atom stereocenters. The predicted molar refractivity (Wildman–Crippen MR) is 43.0 cm³/mol. The minimum atomic E-state index is -0.972. The van der Waals surface area contributed by atoms with E-state index in [1.54, 1.807) is 0 Å². The predicted octanol–water partition coefficient (Wildman–Crippen LogP) is 0.888. The van der Waals surface area contributed by atoms with Crippen molar-refractivity contribution in [3.63, 3.8) is 0 Å². The lowest BCUT2D eigenvalue weighted by molar-refractivity contribution is 0.178. The number of aliphatic imine (C=N–C) groups is 1. The van der Waals surface area contributed by atoms with Gasteiger partial charge >= 0.3 is 6.09 Å². The molecule has 0 radical (unpaired) electrons. The molecule has 0 atom stereocenters. The highest BCUT2D eigenvalue weighted by Gasteiger charge is 2.29. The van der Waals surface area contributed by atoms with Crippen LogP contribution in [-0.2, 0) is 0 Å². The van der Waals surface area contributed by atoms with Gasteiger partial charge in [0, 0.05) is 6.04 Å². The van der Waals surface area contributed by atoms with Gasteiger partial charge in [-0.25, -0.2) is 9.79 Å². The van der Waals surface area contributed by atoms with Crippen LogP contribution < -0.4 is 5.32 Å². The van der Waals surface area contributed by atoms with Crippen molar-refractivity contribution in [3.8, 4) is 0 Å². The van der Waals surface area contributed by atoms with Crippen molar-refractivity contribution >= 4 is 23.5 Å². The normalized spacial score (nSPS) is 28.0. The van der Waals surface area contributed by atoms with E-state index in [0.29, 0.717) is 0 Å². The number of amides is 1. The van der Waals surface area contributed by atoms with Gasteiger partial charge in [0.1, 0.15) is 0 Å². The van der Waals surface area contributed by atoms with Gasteiger partial charge in [0.25, 0.3) is 0 Å². The summed E-state index contributed by atoms with van der Waals surface area (Å²) in [6, 6.07) is 0.244. The number of hydrogen-bond donors (Lipinski definition) is 2. The second-order valence-electron chi connectivity index (χ2n) is 2.49. The molecule has 1 saturated carbocycles. The van der Waals surface area contributed by atoms with Crippen molar-refractivity contribution in [2.45, 2.75) is 24.9 Å². The van der Waals surface area contributed by atoms with E-state index < -0.39 is 6.09 Å². The molecule has 0 saturated heterocycles.